The Balaban J connectivity index is 2.90. The molecule has 0 aliphatic carbocycles. The Labute approximate surface area is 96.0 Å². The Morgan fingerprint density at radius 2 is 2.06 bits per heavy atom. The lowest BCUT2D eigenvalue weighted by Gasteiger charge is -2.16. The van der Waals surface area contributed by atoms with E-state index in [-0.39, 0.29) is 5.92 Å². The summed E-state index contributed by atoms with van der Waals surface area (Å²) in [7, 11) is 0. The van der Waals surface area contributed by atoms with Crippen LogP contribution in [0.2, 0.25) is 0 Å². The molecule has 88 valence electrons. The minimum atomic E-state index is -0.753. The zero-order chi connectivity index (χ0) is 12.0. The van der Waals surface area contributed by atoms with Crippen molar-refractivity contribution in [1.82, 2.24) is 0 Å². The van der Waals surface area contributed by atoms with Crippen LogP contribution in [0, 0.1) is 11.6 Å². The molecule has 0 radical (unpaired) electrons. The number of hydrogen-bond acceptors (Lipinski definition) is 0. The predicted molar refractivity (Wildman–Crippen MR) is 63.4 cm³/mol. The Bertz CT molecular complexity index is 345. The number of rotatable bonds is 6. The summed E-state index contributed by atoms with van der Waals surface area (Å²) in [4.78, 5) is 0. The molecule has 0 saturated carbocycles. The van der Waals surface area contributed by atoms with Crippen molar-refractivity contribution >= 4 is 0 Å². The van der Waals surface area contributed by atoms with Gasteiger partial charge in [0, 0.05) is 0 Å². The standard InChI is InChI=1S/C14H18F2/c1-3-5-8-11(7-4-2)12-9-6-10-13(15)14(12)16/h3,6,9-11H,1,4-5,7-8H2,2H3. The lowest BCUT2D eigenvalue weighted by molar-refractivity contribution is 0.472. The van der Waals surface area contributed by atoms with Gasteiger partial charge in [-0.25, -0.2) is 8.78 Å². The topological polar surface area (TPSA) is 0 Å². The molecule has 1 atom stereocenters. The first kappa shape index (κ1) is 12.9. The van der Waals surface area contributed by atoms with E-state index in [9.17, 15) is 8.78 Å². The Morgan fingerprint density at radius 3 is 2.69 bits per heavy atom. The molecule has 0 bridgehead atoms. The van der Waals surface area contributed by atoms with E-state index in [4.69, 9.17) is 0 Å². The Hall–Kier alpha value is -1.18. The Morgan fingerprint density at radius 1 is 1.31 bits per heavy atom. The molecular weight excluding hydrogens is 206 g/mol. The van der Waals surface area contributed by atoms with Gasteiger partial charge >= 0.3 is 0 Å². The van der Waals surface area contributed by atoms with Crippen molar-refractivity contribution in [2.24, 2.45) is 0 Å². The lowest BCUT2D eigenvalue weighted by atomic mass is 9.90. The summed E-state index contributed by atoms with van der Waals surface area (Å²) in [6.45, 7) is 5.71. The van der Waals surface area contributed by atoms with Gasteiger partial charge in [0.05, 0.1) is 0 Å². The highest BCUT2D eigenvalue weighted by Gasteiger charge is 2.16. The second-order valence-corrected chi connectivity index (χ2v) is 3.99. The average molecular weight is 224 g/mol. The van der Waals surface area contributed by atoms with Gasteiger partial charge < -0.3 is 0 Å². The molecule has 1 rings (SSSR count). The third kappa shape index (κ3) is 3.16. The third-order valence-corrected chi connectivity index (χ3v) is 2.78. The SMILES string of the molecule is C=CCCC(CCC)c1cccc(F)c1F. The fourth-order valence-corrected chi connectivity index (χ4v) is 1.96. The maximum absolute atomic E-state index is 13.6. The van der Waals surface area contributed by atoms with Gasteiger partial charge in [-0.2, -0.15) is 0 Å². The first-order chi connectivity index (χ1) is 7.70. The van der Waals surface area contributed by atoms with Crippen LogP contribution >= 0.6 is 0 Å². The first-order valence-corrected chi connectivity index (χ1v) is 5.75. The zero-order valence-corrected chi connectivity index (χ0v) is 9.68. The number of halogens is 2. The highest BCUT2D eigenvalue weighted by molar-refractivity contribution is 5.23. The summed E-state index contributed by atoms with van der Waals surface area (Å²) in [5, 5.41) is 0. The molecule has 0 nitrogen and oxygen atoms in total. The minimum Gasteiger partial charge on any atom is -0.204 e. The summed E-state index contributed by atoms with van der Waals surface area (Å²) in [5.74, 6) is -1.35. The molecule has 0 saturated heterocycles. The van der Waals surface area contributed by atoms with Crippen LogP contribution in [-0.4, -0.2) is 0 Å². The monoisotopic (exact) mass is 224 g/mol. The molecule has 0 heterocycles. The molecule has 0 aliphatic heterocycles. The number of allylic oxidation sites excluding steroid dienone is 1. The number of benzene rings is 1. The van der Waals surface area contributed by atoms with Crippen LogP contribution in [0.5, 0.6) is 0 Å². The van der Waals surface area contributed by atoms with E-state index in [1.165, 1.54) is 0 Å². The summed E-state index contributed by atoms with van der Waals surface area (Å²) < 4.78 is 26.7. The van der Waals surface area contributed by atoms with E-state index in [0.717, 1.165) is 31.7 Å². The van der Waals surface area contributed by atoms with Gasteiger partial charge in [0.1, 0.15) is 0 Å². The summed E-state index contributed by atoms with van der Waals surface area (Å²) in [6, 6.07) is 4.42. The smallest absolute Gasteiger partial charge is 0.162 e. The van der Waals surface area contributed by atoms with E-state index < -0.39 is 11.6 Å². The van der Waals surface area contributed by atoms with Crippen molar-refractivity contribution in [3.8, 4) is 0 Å². The maximum atomic E-state index is 13.6. The largest absolute Gasteiger partial charge is 0.204 e. The highest BCUT2D eigenvalue weighted by atomic mass is 19.2. The van der Waals surface area contributed by atoms with Gasteiger partial charge in [0.15, 0.2) is 11.6 Å². The summed E-state index contributed by atoms with van der Waals surface area (Å²) in [5.41, 5.74) is 0.503. The van der Waals surface area contributed by atoms with Gasteiger partial charge in [-0.1, -0.05) is 31.6 Å². The summed E-state index contributed by atoms with van der Waals surface area (Å²) in [6.07, 6.45) is 5.34. The van der Waals surface area contributed by atoms with Crippen molar-refractivity contribution in [1.29, 1.82) is 0 Å². The molecule has 0 N–H and O–H groups in total. The molecule has 1 unspecified atom stereocenters. The van der Waals surface area contributed by atoms with Gasteiger partial charge in [0.25, 0.3) is 0 Å². The van der Waals surface area contributed by atoms with Crippen LogP contribution in [-0.2, 0) is 0 Å². The second-order valence-electron chi connectivity index (χ2n) is 3.99. The van der Waals surface area contributed by atoms with Crippen LogP contribution in [0.4, 0.5) is 8.78 Å². The fraction of sp³-hybridized carbons (Fsp3) is 0.429. The fourth-order valence-electron chi connectivity index (χ4n) is 1.96. The second kappa shape index (κ2) is 6.41. The van der Waals surface area contributed by atoms with Crippen LogP contribution < -0.4 is 0 Å². The molecule has 0 aromatic heterocycles. The van der Waals surface area contributed by atoms with Gasteiger partial charge in [-0.15, -0.1) is 6.58 Å². The molecule has 2 heteroatoms. The molecular formula is C14H18F2. The van der Waals surface area contributed by atoms with Gasteiger partial charge in [-0.05, 0) is 36.8 Å². The highest BCUT2D eigenvalue weighted by Crippen LogP contribution is 2.29. The minimum absolute atomic E-state index is 0.0960. The van der Waals surface area contributed by atoms with Crippen molar-refractivity contribution < 1.29 is 8.78 Å². The molecule has 0 fully saturated rings. The van der Waals surface area contributed by atoms with Crippen molar-refractivity contribution in [3.05, 3.63) is 48.1 Å². The van der Waals surface area contributed by atoms with E-state index in [2.05, 4.69) is 13.5 Å². The molecule has 0 amide bonds. The lowest BCUT2D eigenvalue weighted by Crippen LogP contribution is -2.03. The molecule has 16 heavy (non-hydrogen) atoms. The third-order valence-electron chi connectivity index (χ3n) is 2.78. The zero-order valence-electron chi connectivity index (χ0n) is 9.68. The number of hydrogen-bond donors (Lipinski definition) is 0. The first-order valence-electron chi connectivity index (χ1n) is 5.75. The summed E-state index contributed by atoms with van der Waals surface area (Å²) >= 11 is 0. The van der Waals surface area contributed by atoms with E-state index in [0.29, 0.717) is 5.56 Å². The van der Waals surface area contributed by atoms with Crippen LogP contribution in [0.3, 0.4) is 0 Å². The normalized spacial score (nSPS) is 12.4. The van der Waals surface area contributed by atoms with E-state index >= 15 is 0 Å². The maximum Gasteiger partial charge on any atom is 0.162 e. The molecule has 1 aromatic rings. The van der Waals surface area contributed by atoms with Crippen molar-refractivity contribution in [3.63, 3.8) is 0 Å². The predicted octanol–water partition coefficient (Wildman–Crippen LogP) is 4.81. The molecule has 0 aliphatic rings. The van der Waals surface area contributed by atoms with Gasteiger partial charge in [0.2, 0.25) is 0 Å². The van der Waals surface area contributed by atoms with Crippen molar-refractivity contribution in [2.45, 2.75) is 38.5 Å². The molecule has 1 aromatic carbocycles. The molecule has 0 spiro atoms. The van der Waals surface area contributed by atoms with Crippen molar-refractivity contribution in [2.75, 3.05) is 0 Å². The van der Waals surface area contributed by atoms with E-state index in [1.54, 1.807) is 12.1 Å². The van der Waals surface area contributed by atoms with Crippen LogP contribution in [0.25, 0.3) is 0 Å². The van der Waals surface area contributed by atoms with Crippen LogP contribution in [0.1, 0.15) is 44.1 Å². The quantitative estimate of drug-likeness (QED) is 0.608. The Kier molecular flexibility index (Phi) is 5.17. The van der Waals surface area contributed by atoms with E-state index in [1.807, 2.05) is 6.08 Å². The average Bonchev–Trinajstić information content (AvgIpc) is 2.28. The van der Waals surface area contributed by atoms with Crippen LogP contribution in [0.15, 0.2) is 30.9 Å². The van der Waals surface area contributed by atoms with Gasteiger partial charge in [-0.3, -0.25) is 0 Å².